The van der Waals surface area contributed by atoms with Gasteiger partial charge in [-0.25, -0.2) is 0 Å². The SMILES string of the molecule is CC.Cc1[nH]c2cccc(Cl)c2c1CC(N)C(=O)O. The standard InChI is InChI=1S/C12H13ClN2O2.C2H6/c1-6-7(5-9(14)12(16)17)11-8(13)3-2-4-10(11)15-6;1-2/h2-4,9,15H,5,14H2,1H3,(H,16,17);1-2H3. The zero-order valence-corrected chi connectivity index (χ0v) is 12.1. The summed E-state index contributed by atoms with van der Waals surface area (Å²) in [5.41, 5.74) is 8.25. The van der Waals surface area contributed by atoms with Crippen molar-refractivity contribution in [3.8, 4) is 0 Å². The summed E-state index contributed by atoms with van der Waals surface area (Å²) in [5.74, 6) is -1.01. The third-order valence-electron chi connectivity index (χ3n) is 2.83. The lowest BCUT2D eigenvalue weighted by Crippen LogP contribution is -2.32. The van der Waals surface area contributed by atoms with E-state index in [9.17, 15) is 4.79 Å². The third kappa shape index (κ3) is 3.28. The lowest BCUT2D eigenvalue weighted by Gasteiger charge is -2.07. The van der Waals surface area contributed by atoms with Crippen LogP contribution >= 0.6 is 11.6 Å². The summed E-state index contributed by atoms with van der Waals surface area (Å²) in [6.45, 7) is 5.89. The fraction of sp³-hybridized carbons (Fsp3) is 0.357. The van der Waals surface area contributed by atoms with Crippen molar-refractivity contribution in [1.82, 2.24) is 4.98 Å². The number of carboxylic acid groups (broad SMARTS) is 1. The molecule has 1 heterocycles. The molecular weight excluding hydrogens is 264 g/mol. The number of rotatable bonds is 3. The Bertz CT molecular complexity index is 578. The summed E-state index contributed by atoms with van der Waals surface area (Å²) in [4.78, 5) is 14.0. The van der Waals surface area contributed by atoms with Gasteiger partial charge in [0.2, 0.25) is 0 Å². The number of carboxylic acids is 1. The van der Waals surface area contributed by atoms with Gasteiger partial charge >= 0.3 is 5.97 Å². The highest BCUT2D eigenvalue weighted by Crippen LogP contribution is 2.29. The fourth-order valence-electron chi connectivity index (χ4n) is 1.96. The average Bonchev–Trinajstić information content (AvgIpc) is 2.69. The first kappa shape index (κ1) is 15.5. The second-order valence-corrected chi connectivity index (χ2v) is 4.45. The van der Waals surface area contributed by atoms with Crippen LogP contribution in [0, 0.1) is 6.92 Å². The molecule has 0 saturated carbocycles. The van der Waals surface area contributed by atoms with E-state index in [1.54, 1.807) is 6.07 Å². The number of fused-ring (bicyclic) bond motifs is 1. The van der Waals surface area contributed by atoms with Crippen LogP contribution < -0.4 is 5.73 Å². The van der Waals surface area contributed by atoms with Gasteiger partial charge in [-0.15, -0.1) is 0 Å². The maximum atomic E-state index is 10.8. The lowest BCUT2D eigenvalue weighted by atomic mass is 10.0. The highest BCUT2D eigenvalue weighted by Gasteiger charge is 2.18. The molecule has 2 rings (SSSR count). The van der Waals surface area contributed by atoms with Gasteiger partial charge in [-0.05, 0) is 24.6 Å². The number of aryl methyl sites for hydroxylation is 1. The number of halogens is 1. The van der Waals surface area contributed by atoms with Crippen LogP contribution in [0.2, 0.25) is 5.02 Å². The Morgan fingerprint density at radius 3 is 2.68 bits per heavy atom. The number of aliphatic carboxylic acids is 1. The van der Waals surface area contributed by atoms with E-state index in [1.165, 1.54) is 0 Å². The van der Waals surface area contributed by atoms with E-state index >= 15 is 0 Å². The van der Waals surface area contributed by atoms with Crippen molar-refractivity contribution >= 4 is 28.5 Å². The second-order valence-electron chi connectivity index (χ2n) is 4.04. The number of carbonyl (C=O) groups is 1. The molecule has 19 heavy (non-hydrogen) atoms. The van der Waals surface area contributed by atoms with E-state index in [0.717, 1.165) is 22.2 Å². The predicted molar refractivity (Wildman–Crippen MR) is 78.7 cm³/mol. The molecule has 5 heteroatoms. The maximum absolute atomic E-state index is 10.8. The Kier molecular flexibility index (Phi) is 5.39. The van der Waals surface area contributed by atoms with Gasteiger partial charge in [0.25, 0.3) is 0 Å². The number of benzene rings is 1. The molecule has 0 aliphatic carbocycles. The lowest BCUT2D eigenvalue weighted by molar-refractivity contribution is -0.138. The van der Waals surface area contributed by atoms with E-state index in [1.807, 2.05) is 32.9 Å². The van der Waals surface area contributed by atoms with Crippen molar-refractivity contribution in [2.75, 3.05) is 0 Å². The molecular formula is C14H19ClN2O2. The zero-order chi connectivity index (χ0) is 14.6. The minimum atomic E-state index is -1.01. The molecule has 0 amide bonds. The van der Waals surface area contributed by atoms with Gasteiger partial charge in [0.1, 0.15) is 6.04 Å². The molecule has 4 N–H and O–H groups in total. The minimum absolute atomic E-state index is 0.269. The Morgan fingerprint density at radius 2 is 2.11 bits per heavy atom. The van der Waals surface area contributed by atoms with E-state index in [4.69, 9.17) is 22.4 Å². The highest BCUT2D eigenvalue weighted by atomic mass is 35.5. The smallest absolute Gasteiger partial charge is 0.320 e. The first-order valence-electron chi connectivity index (χ1n) is 6.24. The largest absolute Gasteiger partial charge is 0.480 e. The van der Waals surface area contributed by atoms with Crippen molar-refractivity contribution in [1.29, 1.82) is 0 Å². The molecule has 0 fully saturated rings. The van der Waals surface area contributed by atoms with E-state index in [0.29, 0.717) is 5.02 Å². The summed E-state index contributed by atoms with van der Waals surface area (Å²) in [5, 5.41) is 10.3. The van der Waals surface area contributed by atoms with Crippen LogP contribution in [0.25, 0.3) is 10.9 Å². The van der Waals surface area contributed by atoms with Gasteiger partial charge in [-0.1, -0.05) is 31.5 Å². The van der Waals surface area contributed by atoms with Gasteiger partial charge in [0.15, 0.2) is 0 Å². The summed E-state index contributed by atoms with van der Waals surface area (Å²) < 4.78 is 0. The van der Waals surface area contributed by atoms with Crippen LogP contribution in [0.5, 0.6) is 0 Å². The van der Waals surface area contributed by atoms with Crippen LogP contribution in [-0.2, 0) is 11.2 Å². The molecule has 0 aliphatic rings. The van der Waals surface area contributed by atoms with Crippen molar-refractivity contribution in [3.05, 3.63) is 34.5 Å². The molecule has 0 bridgehead atoms. The molecule has 2 aromatic rings. The van der Waals surface area contributed by atoms with Crippen LogP contribution in [0.4, 0.5) is 0 Å². The molecule has 0 spiro atoms. The monoisotopic (exact) mass is 282 g/mol. The summed E-state index contributed by atoms with van der Waals surface area (Å²) in [6.07, 6.45) is 0.269. The quantitative estimate of drug-likeness (QED) is 0.809. The van der Waals surface area contributed by atoms with Crippen molar-refractivity contribution < 1.29 is 9.90 Å². The number of aromatic amines is 1. The number of aromatic nitrogens is 1. The Labute approximate surface area is 117 Å². The van der Waals surface area contributed by atoms with Gasteiger partial charge in [0, 0.05) is 23.0 Å². The maximum Gasteiger partial charge on any atom is 0.320 e. The van der Waals surface area contributed by atoms with Gasteiger partial charge in [-0.2, -0.15) is 0 Å². The summed E-state index contributed by atoms with van der Waals surface area (Å²) in [6, 6.07) is 4.63. The number of hydrogen-bond donors (Lipinski definition) is 3. The second kappa shape index (κ2) is 6.59. The Balaban J connectivity index is 0.000000861. The van der Waals surface area contributed by atoms with E-state index in [2.05, 4.69) is 4.98 Å². The zero-order valence-electron chi connectivity index (χ0n) is 11.3. The highest BCUT2D eigenvalue weighted by molar-refractivity contribution is 6.35. The fourth-order valence-corrected chi connectivity index (χ4v) is 2.25. The normalized spacial score (nSPS) is 11.8. The molecule has 1 aromatic carbocycles. The van der Waals surface area contributed by atoms with Gasteiger partial charge in [-0.3, -0.25) is 4.79 Å². The molecule has 0 aliphatic heterocycles. The molecule has 0 radical (unpaired) electrons. The molecule has 4 nitrogen and oxygen atoms in total. The van der Waals surface area contributed by atoms with E-state index < -0.39 is 12.0 Å². The van der Waals surface area contributed by atoms with Gasteiger partial charge < -0.3 is 15.8 Å². The number of hydrogen-bond acceptors (Lipinski definition) is 2. The molecule has 104 valence electrons. The van der Waals surface area contributed by atoms with E-state index in [-0.39, 0.29) is 6.42 Å². The van der Waals surface area contributed by atoms with Crippen molar-refractivity contribution in [2.45, 2.75) is 33.2 Å². The number of nitrogens with two attached hydrogens (primary N) is 1. The molecule has 1 aromatic heterocycles. The molecule has 1 unspecified atom stereocenters. The Hall–Kier alpha value is -1.52. The number of nitrogens with one attached hydrogen (secondary N) is 1. The molecule has 0 saturated heterocycles. The predicted octanol–water partition coefficient (Wildman–Crippen LogP) is 3.11. The number of H-pyrrole nitrogens is 1. The first-order valence-corrected chi connectivity index (χ1v) is 6.62. The van der Waals surface area contributed by atoms with Gasteiger partial charge in [0.05, 0.1) is 5.02 Å². The van der Waals surface area contributed by atoms with Crippen LogP contribution in [0.15, 0.2) is 18.2 Å². The third-order valence-corrected chi connectivity index (χ3v) is 3.15. The Morgan fingerprint density at radius 1 is 1.47 bits per heavy atom. The summed E-state index contributed by atoms with van der Waals surface area (Å²) in [7, 11) is 0. The minimum Gasteiger partial charge on any atom is -0.480 e. The summed E-state index contributed by atoms with van der Waals surface area (Å²) >= 11 is 6.13. The van der Waals surface area contributed by atoms with Crippen molar-refractivity contribution in [2.24, 2.45) is 5.73 Å². The topological polar surface area (TPSA) is 79.1 Å². The van der Waals surface area contributed by atoms with Crippen molar-refractivity contribution in [3.63, 3.8) is 0 Å². The van der Waals surface area contributed by atoms with Crippen LogP contribution in [-0.4, -0.2) is 22.1 Å². The first-order chi connectivity index (χ1) is 9.00. The van der Waals surface area contributed by atoms with Crippen LogP contribution in [0.1, 0.15) is 25.1 Å². The van der Waals surface area contributed by atoms with Crippen LogP contribution in [0.3, 0.4) is 0 Å². The molecule has 1 atom stereocenters. The average molecular weight is 283 g/mol.